The Morgan fingerprint density at radius 2 is 1.71 bits per heavy atom. The van der Waals surface area contributed by atoms with Crippen molar-refractivity contribution in [3.63, 3.8) is 0 Å². The van der Waals surface area contributed by atoms with E-state index in [0.29, 0.717) is 0 Å². The summed E-state index contributed by atoms with van der Waals surface area (Å²) in [5.74, 6) is -1.39. The number of fused-ring (bicyclic) bond motifs is 1. The average molecular weight is 234 g/mol. The Balaban J connectivity index is 2.76. The molecule has 2 atom stereocenters. The second-order valence-electron chi connectivity index (χ2n) is 4.84. The van der Waals surface area contributed by atoms with E-state index in [2.05, 4.69) is 17.1 Å². The van der Waals surface area contributed by atoms with Gasteiger partial charge in [0.25, 0.3) is 5.91 Å². The average Bonchev–Trinajstić information content (AvgIpc) is 2.65. The summed E-state index contributed by atoms with van der Waals surface area (Å²) in [5, 5.41) is 18.9. The minimum atomic E-state index is -1.49. The largest absolute Gasteiger partial charge is 0.386 e. The molecule has 6 heteroatoms. The Morgan fingerprint density at radius 1 is 1.18 bits per heavy atom. The molecular weight excluding hydrogens is 220 g/mol. The van der Waals surface area contributed by atoms with Crippen LogP contribution in [-0.2, 0) is 9.47 Å². The van der Waals surface area contributed by atoms with Gasteiger partial charge in [-0.2, -0.15) is 10.5 Å². The third-order valence-corrected chi connectivity index (χ3v) is 4.39. The van der Waals surface area contributed by atoms with Gasteiger partial charge in [0.05, 0.1) is 12.1 Å². The molecule has 0 radical (unpaired) electrons. The van der Waals surface area contributed by atoms with Gasteiger partial charge in [-0.25, -0.2) is 4.99 Å². The van der Waals surface area contributed by atoms with Crippen LogP contribution < -0.4 is 5.73 Å². The smallest absolute Gasteiger partial charge is 0.292 e. The highest BCUT2D eigenvalue weighted by Crippen LogP contribution is 2.84. The Labute approximate surface area is 99.6 Å². The lowest BCUT2D eigenvalue weighted by molar-refractivity contribution is -0.235. The highest BCUT2D eigenvalue weighted by molar-refractivity contribution is 5.99. The van der Waals surface area contributed by atoms with E-state index in [9.17, 15) is 10.5 Å². The van der Waals surface area contributed by atoms with E-state index < -0.39 is 22.2 Å². The van der Waals surface area contributed by atoms with Crippen LogP contribution in [0.5, 0.6) is 0 Å². The molecule has 1 aliphatic heterocycles. The SMILES string of the molecule is COC1(OC)N=C(N)[C@@]2(C#N)C(C)(C)[C@@]12C#N. The topological polar surface area (TPSA) is 104 Å². The summed E-state index contributed by atoms with van der Waals surface area (Å²) in [6.45, 7) is 3.60. The quantitative estimate of drug-likeness (QED) is 0.695. The zero-order valence-corrected chi connectivity index (χ0v) is 10.2. The summed E-state index contributed by atoms with van der Waals surface area (Å²) < 4.78 is 10.5. The van der Waals surface area contributed by atoms with Crippen LogP contribution in [0.3, 0.4) is 0 Å². The molecular formula is C11H14N4O2. The third-order valence-electron chi connectivity index (χ3n) is 4.39. The second kappa shape index (κ2) is 2.79. The lowest BCUT2D eigenvalue weighted by Gasteiger charge is -2.30. The minimum absolute atomic E-state index is 0.107. The maximum Gasteiger partial charge on any atom is 0.292 e. The van der Waals surface area contributed by atoms with Gasteiger partial charge < -0.3 is 15.2 Å². The molecule has 0 aromatic rings. The van der Waals surface area contributed by atoms with Crippen LogP contribution in [0.4, 0.5) is 0 Å². The van der Waals surface area contributed by atoms with Gasteiger partial charge in [0.15, 0.2) is 5.41 Å². The van der Waals surface area contributed by atoms with Gasteiger partial charge in [0, 0.05) is 19.6 Å². The molecule has 0 amide bonds. The molecule has 90 valence electrons. The van der Waals surface area contributed by atoms with Gasteiger partial charge in [-0.15, -0.1) is 0 Å². The molecule has 0 aromatic heterocycles. The number of methoxy groups -OCH3 is 2. The van der Waals surface area contributed by atoms with Crippen LogP contribution in [0.2, 0.25) is 0 Å². The van der Waals surface area contributed by atoms with E-state index in [-0.39, 0.29) is 5.84 Å². The van der Waals surface area contributed by atoms with Crippen LogP contribution in [-0.4, -0.2) is 26.0 Å². The molecule has 6 nitrogen and oxygen atoms in total. The fourth-order valence-electron chi connectivity index (χ4n) is 3.40. The maximum absolute atomic E-state index is 9.52. The van der Waals surface area contributed by atoms with E-state index >= 15 is 0 Å². The van der Waals surface area contributed by atoms with Crippen molar-refractivity contribution >= 4 is 5.84 Å². The first kappa shape index (κ1) is 11.8. The highest BCUT2D eigenvalue weighted by Gasteiger charge is 2.97. The van der Waals surface area contributed by atoms with Gasteiger partial charge in [-0.3, -0.25) is 0 Å². The first-order chi connectivity index (χ1) is 7.87. The summed E-state index contributed by atoms with van der Waals surface area (Å²) >= 11 is 0. The Kier molecular flexibility index (Phi) is 1.94. The van der Waals surface area contributed by atoms with E-state index in [4.69, 9.17) is 15.2 Å². The lowest BCUT2D eigenvalue weighted by atomic mass is 9.93. The number of nitriles is 2. The van der Waals surface area contributed by atoms with Crippen molar-refractivity contribution in [2.24, 2.45) is 27.0 Å². The van der Waals surface area contributed by atoms with Crippen molar-refractivity contribution in [2.75, 3.05) is 14.2 Å². The molecule has 1 fully saturated rings. The molecule has 1 saturated carbocycles. The molecule has 2 aliphatic rings. The summed E-state index contributed by atoms with van der Waals surface area (Å²) in [7, 11) is 2.78. The molecule has 0 unspecified atom stereocenters. The predicted molar refractivity (Wildman–Crippen MR) is 58.2 cm³/mol. The minimum Gasteiger partial charge on any atom is -0.386 e. The molecule has 0 aromatic carbocycles. The van der Waals surface area contributed by atoms with E-state index in [1.807, 2.05) is 0 Å². The van der Waals surface area contributed by atoms with Crippen molar-refractivity contribution in [1.29, 1.82) is 10.5 Å². The summed E-state index contributed by atoms with van der Waals surface area (Å²) in [6.07, 6.45) is 0. The molecule has 1 heterocycles. The summed E-state index contributed by atoms with van der Waals surface area (Å²) in [6, 6.07) is 4.28. The second-order valence-corrected chi connectivity index (χ2v) is 4.84. The van der Waals surface area contributed by atoms with Gasteiger partial charge in [0.1, 0.15) is 11.3 Å². The van der Waals surface area contributed by atoms with Crippen LogP contribution in [0.15, 0.2) is 4.99 Å². The number of hydrogen-bond donors (Lipinski definition) is 1. The Hall–Kier alpha value is -1.63. The number of amidine groups is 1. The van der Waals surface area contributed by atoms with Crippen LogP contribution in [0.25, 0.3) is 0 Å². The van der Waals surface area contributed by atoms with Crippen LogP contribution in [0.1, 0.15) is 13.8 Å². The Bertz CT molecular complexity index is 495. The zero-order valence-electron chi connectivity index (χ0n) is 10.2. The number of hydrogen-bond acceptors (Lipinski definition) is 6. The number of nitrogens with two attached hydrogens (primary N) is 1. The molecule has 1 aliphatic carbocycles. The van der Waals surface area contributed by atoms with Crippen molar-refractivity contribution in [1.82, 2.24) is 0 Å². The van der Waals surface area contributed by atoms with Gasteiger partial charge in [-0.05, 0) is 0 Å². The van der Waals surface area contributed by atoms with Crippen LogP contribution >= 0.6 is 0 Å². The first-order valence-corrected chi connectivity index (χ1v) is 5.16. The summed E-state index contributed by atoms with van der Waals surface area (Å²) in [4.78, 5) is 4.07. The van der Waals surface area contributed by atoms with Gasteiger partial charge >= 0.3 is 0 Å². The van der Waals surface area contributed by atoms with Gasteiger partial charge in [-0.1, -0.05) is 13.8 Å². The molecule has 2 rings (SSSR count). The molecule has 0 saturated heterocycles. The molecule has 17 heavy (non-hydrogen) atoms. The first-order valence-electron chi connectivity index (χ1n) is 5.16. The van der Waals surface area contributed by atoms with Crippen molar-refractivity contribution in [2.45, 2.75) is 19.8 Å². The third kappa shape index (κ3) is 0.717. The zero-order chi connectivity index (χ0) is 13.1. The normalized spacial score (nSPS) is 39.8. The van der Waals surface area contributed by atoms with E-state index in [0.717, 1.165) is 0 Å². The van der Waals surface area contributed by atoms with E-state index in [1.165, 1.54) is 14.2 Å². The number of rotatable bonds is 2. The van der Waals surface area contributed by atoms with Gasteiger partial charge in [0.2, 0.25) is 0 Å². The monoisotopic (exact) mass is 234 g/mol. The fourth-order valence-corrected chi connectivity index (χ4v) is 3.40. The fraction of sp³-hybridized carbons (Fsp3) is 0.727. The number of nitrogens with zero attached hydrogens (tertiary/aromatic N) is 3. The van der Waals surface area contributed by atoms with Crippen molar-refractivity contribution < 1.29 is 9.47 Å². The number of aliphatic imine (C=N–C) groups is 1. The van der Waals surface area contributed by atoms with E-state index in [1.54, 1.807) is 13.8 Å². The Morgan fingerprint density at radius 3 is 2.00 bits per heavy atom. The van der Waals surface area contributed by atoms with Crippen molar-refractivity contribution in [3.8, 4) is 12.1 Å². The summed E-state index contributed by atoms with van der Waals surface area (Å²) in [5.41, 5.74) is 2.84. The molecule has 2 N–H and O–H groups in total. The molecule has 0 bridgehead atoms. The standard InChI is InChI=1S/C11H14N4O2/c1-8(2)9(5-12)7(14)15-11(16-3,17-4)10(8,9)6-13/h1-4H3,(H2,14,15)/t9-,10+/m0/s1. The maximum atomic E-state index is 9.52. The van der Waals surface area contributed by atoms with Crippen molar-refractivity contribution in [3.05, 3.63) is 0 Å². The highest BCUT2D eigenvalue weighted by atomic mass is 16.7. The lowest BCUT2D eigenvalue weighted by Crippen LogP contribution is -2.43. The number of ether oxygens (including phenoxy) is 2. The molecule has 0 spiro atoms. The predicted octanol–water partition coefficient (Wildman–Crippen LogP) is 0.364. The van der Waals surface area contributed by atoms with Crippen LogP contribution in [0, 0.1) is 38.9 Å².